The summed E-state index contributed by atoms with van der Waals surface area (Å²) in [5.41, 5.74) is 1.75. The van der Waals surface area contributed by atoms with E-state index in [1.165, 1.54) is 12.1 Å². The van der Waals surface area contributed by atoms with Crippen molar-refractivity contribution in [2.75, 3.05) is 4.72 Å². The average molecular weight is 360 g/mol. The fourth-order valence-electron chi connectivity index (χ4n) is 2.15. The van der Waals surface area contributed by atoms with Crippen molar-refractivity contribution in [2.45, 2.75) is 11.8 Å². The van der Waals surface area contributed by atoms with Crippen molar-refractivity contribution in [1.29, 1.82) is 0 Å². The van der Waals surface area contributed by atoms with Gasteiger partial charge in [-0.2, -0.15) is 0 Å². The standard InChI is InChI=1S/C18H17FN2O3S/c1-13-12-18(20-24-13)21-25(22,23)17-10-6-15(7-11-17)3-2-14-4-8-16(19)9-5-14/h2-12,22-23H,1H3,(H,20,21). The van der Waals surface area contributed by atoms with Gasteiger partial charge in [0.25, 0.3) is 0 Å². The molecular weight excluding hydrogens is 343 g/mol. The minimum Gasteiger partial charge on any atom is -0.360 e. The first-order valence-electron chi connectivity index (χ1n) is 7.45. The number of hydrogen-bond donors (Lipinski definition) is 3. The molecule has 0 atom stereocenters. The van der Waals surface area contributed by atoms with Crippen LogP contribution in [0.3, 0.4) is 0 Å². The molecule has 0 aliphatic heterocycles. The van der Waals surface area contributed by atoms with E-state index in [-0.39, 0.29) is 11.6 Å². The van der Waals surface area contributed by atoms with Gasteiger partial charge in [0.15, 0.2) is 5.82 Å². The van der Waals surface area contributed by atoms with Crippen LogP contribution in [-0.2, 0) is 0 Å². The second-order valence-corrected chi connectivity index (χ2v) is 7.20. The molecule has 1 heterocycles. The Balaban J connectivity index is 1.71. The summed E-state index contributed by atoms with van der Waals surface area (Å²) in [6.07, 6.45) is 3.71. The fourth-order valence-corrected chi connectivity index (χ4v) is 3.18. The third kappa shape index (κ3) is 4.48. The van der Waals surface area contributed by atoms with Crippen LogP contribution in [0.4, 0.5) is 10.2 Å². The lowest BCUT2D eigenvalue weighted by molar-refractivity contribution is 0.399. The number of aromatic nitrogens is 1. The molecule has 5 nitrogen and oxygen atoms in total. The number of aryl methyl sites for hydroxylation is 1. The third-order valence-electron chi connectivity index (χ3n) is 3.42. The first-order valence-corrected chi connectivity index (χ1v) is 9.00. The lowest BCUT2D eigenvalue weighted by Gasteiger charge is -2.32. The summed E-state index contributed by atoms with van der Waals surface area (Å²) in [4.78, 5) is 0.340. The van der Waals surface area contributed by atoms with Crippen molar-refractivity contribution in [3.63, 3.8) is 0 Å². The smallest absolute Gasteiger partial charge is 0.187 e. The van der Waals surface area contributed by atoms with Gasteiger partial charge in [-0.25, -0.2) is 4.39 Å². The highest BCUT2D eigenvalue weighted by Crippen LogP contribution is 2.47. The van der Waals surface area contributed by atoms with Crippen molar-refractivity contribution in [2.24, 2.45) is 0 Å². The van der Waals surface area contributed by atoms with Gasteiger partial charge in [-0.05, 0) is 42.3 Å². The van der Waals surface area contributed by atoms with Crippen LogP contribution in [0.2, 0.25) is 0 Å². The minimum atomic E-state index is -3.23. The summed E-state index contributed by atoms with van der Waals surface area (Å²) in [5, 5.41) is 3.69. The van der Waals surface area contributed by atoms with Crippen LogP contribution in [0.15, 0.2) is 64.0 Å². The topological polar surface area (TPSA) is 78.5 Å². The third-order valence-corrected chi connectivity index (χ3v) is 4.85. The maximum Gasteiger partial charge on any atom is 0.187 e. The summed E-state index contributed by atoms with van der Waals surface area (Å²) in [6.45, 7) is 1.71. The van der Waals surface area contributed by atoms with Crippen LogP contribution in [0, 0.1) is 12.7 Å². The second kappa shape index (κ2) is 7.10. The highest BCUT2D eigenvalue weighted by molar-refractivity contribution is 8.25. The maximum absolute atomic E-state index is 12.9. The van der Waals surface area contributed by atoms with E-state index >= 15 is 0 Å². The van der Waals surface area contributed by atoms with E-state index in [2.05, 4.69) is 9.88 Å². The zero-order valence-electron chi connectivity index (χ0n) is 13.4. The summed E-state index contributed by atoms with van der Waals surface area (Å²) in [5.74, 6) is 0.554. The summed E-state index contributed by atoms with van der Waals surface area (Å²) in [6, 6.07) is 14.5. The molecule has 0 radical (unpaired) electrons. The molecule has 0 unspecified atom stereocenters. The molecule has 25 heavy (non-hydrogen) atoms. The molecule has 0 saturated heterocycles. The number of nitrogens with one attached hydrogen (secondary N) is 1. The van der Waals surface area contributed by atoms with Crippen LogP contribution in [0.25, 0.3) is 12.2 Å². The second-order valence-electron chi connectivity index (χ2n) is 5.43. The fraction of sp³-hybridized carbons (Fsp3) is 0.0556. The largest absolute Gasteiger partial charge is 0.360 e. The number of hydrogen-bond acceptors (Lipinski definition) is 5. The van der Waals surface area contributed by atoms with Gasteiger partial charge in [0.1, 0.15) is 11.6 Å². The van der Waals surface area contributed by atoms with Gasteiger partial charge in [0.05, 0.1) is 4.90 Å². The number of anilines is 1. The summed E-state index contributed by atoms with van der Waals surface area (Å²) < 4.78 is 40.9. The van der Waals surface area contributed by atoms with Gasteiger partial charge in [-0.1, -0.05) is 52.4 Å². The predicted octanol–water partition coefficient (Wildman–Crippen LogP) is 5.43. The number of benzene rings is 2. The average Bonchev–Trinajstić information content (AvgIpc) is 2.99. The molecule has 0 spiro atoms. The first-order chi connectivity index (χ1) is 11.9. The van der Waals surface area contributed by atoms with Crippen LogP contribution in [0.1, 0.15) is 16.9 Å². The Morgan fingerprint density at radius 3 is 2.08 bits per heavy atom. The summed E-state index contributed by atoms with van der Waals surface area (Å²) >= 11 is 0. The van der Waals surface area contributed by atoms with Gasteiger partial charge >= 0.3 is 0 Å². The van der Waals surface area contributed by atoms with E-state index < -0.39 is 10.8 Å². The predicted molar refractivity (Wildman–Crippen MR) is 97.7 cm³/mol. The van der Waals surface area contributed by atoms with Crippen LogP contribution in [0.5, 0.6) is 0 Å². The van der Waals surface area contributed by atoms with Crippen molar-refractivity contribution in [3.05, 3.63) is 77.3 Å². The normalized spacial score (nSPS) is 12.5. The molecule has 3 aromatic rings. The minimum absolute atomic E-state index is 0.262. The molecule has 0 fully saturated rings. The van der Waals surface area contributed by atoms with Crippen LogP contribution in [-0.4, -0.2) is 14.3 Å². The molecule has 0 aliphatic rings. The molecule has 130 valence electrons. The maximum atomic E-state index is 12.9. The van der Waals surface area contributed by atoms with Gasteiger partial charge in [-0.15, -0.1) is 0 Å². The molecule has 0 amide bonds. The van der Waals surface area contributed by atoms with Crippen molar-refractivity contribution >= 4 is 28.7 Å². The molecule has 3 rings (SSSR count). The Morgan fingerprint density at radius 1 is 1.00 bits per heavy atom. The molecule has 0 bridgehead atoms. The Bertz CT molecular complexity index is 874. The Kier molecular flexibility index (Phi) is 4.89. The van der Waals surface area contributed by atoms with Crippen LogP contribution >= 0.6 is 10.8 Å². The van der Waals surface area contributed by atoms with Crippen molar-refractivity contribution < 1.29 is 18.0 Å². The SMILES string of the molecule is Cc1cc(NS(O)(O)c2ccc(C=Cc3ccc(F)cc3)cc2)no1. The van der Waals surface area contributed by atoms with E-state index in [1.807, 2.05) is 12.2 Å². The molecule has 2 aromatic carbocycles. The molecule has 3 N–H and O–H groups in total. The molecule has 1 aromatic heterocycles. The van der Waals surface area contributed by atoms with Gasteiger partial charge in [-0.3, -0.25) is 13.8 Å². The number of halogens is 1. The highest BCUT2D eigenvalue weighted by atomic mass is 32.3. The lowest BCUT2D eigenvalue weighted by Crippen LogP contribution is -2.09. The molecular formula is C18H17FN2O3S. The van der Waals surface area contributed by atoms with Crippen molar-refractivity contribution in [1.82, 2.24) is 5.16 Å². The van der Waals surface area contributed by atoms with E-state index in [4.69, 9.17) is 4.52 Å². The van der Waals surface area contributed by atoms with Gasteiger partial charge in [0, 0.05) is 6.07 Å². The lowest BCUT2D eigenvalue weighted by atomic mass is 10.1. The van der Waals surface area contributed by atoms with E-state index in [9.17, 15) is 13.5 Å². The van der Waals surface area contributed by atoms with Crippen LogP contribution < -0.4 is 4.72 Å². The Morgan fingerprint density at radius 2 is 1.56 bits per heavy atom. The zero-order chi connectivity index (χ0) is 17.9. The van der Waals surface area contributed by atoms with Gasteiger partial charge in [0.2, 0.25) is 0 Å². The Labute approximate surface area is 146 Å². The Hall–Kier alpha value is -2.61. The monoisotopic (exact) mass is 360 g/mol. The molecule has 7 heteroatoms. The van der Waals surface area contributed by atoms with E-state index in [0.29, 0.717) is 10.7 Å². The van der Waals surface area contributed by atoms with Crippen molar-refractivity contribution in [3.8, 4) is 0 Å². The van der Waals surface area contributed by atoms with Gasteiger partial charge < -0.3 is 4.52 Å². The zero-order valence-corrected chi connectivity index (χ0v) is 14.2. The molecule has 0 saturated carbocycles. The van der Waals surface area contributed by atoms with E-state index in [0.717, 1.165) is 11.1 Å². The number of nitrogens with zero attached hydrogens (tertiary/aromatic N) is 1. The summed E-state index contributed by atoms with van der Waals surface area (Å²) in [7, 11) is -3.23. The first kappa shape index (κ1) is 17.2. The number of rotatable bonds is 5. The quantitative estimate of drug-likeness (QED) is 0.529. The highest BCUT2D eigenvalue weighted by Gasteiger charge is 2.17. The molecule has 0 aliphatic carbocycles. The van der Waals surface area contributed by atoms with E-state index in [1.54, 1.807) is 49.4 Å².